The van der Waals surface area contributed by atoms with Gasteiger partial charge < -0.3 is 19.3 Å². The molecule has 0 bridgehead atoms. The van der Waals surface area contributed by atoms with Crippen molar-refractivity contribution in [3.05, 3.63) is 96.2 Å². The van der Waals surface area contributed by atoms with E-state index in [0.717, 1.165) is 83.1 Å². The van der Waals surface area contributed by atoms with Crippen LogP contribution in [0.5, 0.6) is 0 Å². The molecule has 0 spiro atoms. The highest BCUT2D eigenvalue weighted by atomic mass is 19.1. The van der Waals surface area contributed by atoms with Gasteiger partial charge in [-0.2, -0.15) is 5.10 Å². The number of hydrogen-bond donors (Lipinski definition) is 1. The third kappa shape index (κ3) is 6.34. The zero-order valence-electron chi connectivity index (χ0n) is 27.5. The lowest BCUT2D eigenvalue weighted by Gasteiger charge is -2.31. The number of allylic oxidation sites excluding steroid dienone is 2. The summed E-state index contributed by atoms with van der Waals surface area (Å²) in [5, 5.41) is 13.6. The molecule has 1 saturated carbocycles. The molecule has 0 radical (unpaired) electrons. The largest absolute Gasteiger partial charge is 0.498 e. The van der Waals surface area contributed by atoms with Gasteiger partial charge in [-0.05, 0) is 74.6 Å². The number of nitrogens with zero attached hydrogens (tertiary/aromatic N) is 6. The predicted molar refractivity (Wildman–Crippen MR) is 182 cm³/mol. The summed E-state index contributed by atoms with van der Waals surface area (Å²) < 4.78 is 36.6. The van der Waals surface area contributed by atoms with Crippen LogP contribution in [0.25, 0.3) is 39.8 Å². The highest BCUT2D eigenvalue weighted by Crippen LogP contribution is 2.40. The van der Waals surface area contributed by atoms with Crippen molar-refractivity contribution in [3.63, 3.8) is 0 Å². The molecule has 4 aromatic rings. The Balaban J connectivity index is 0.000000441. The number of halogens is 2. The van der Waals surface area contributed by atoms with Gasteiger partial charge in [0.15, 0.2) is 0 Å². The number of rotatable bonds is 7. The topological polar surface area (TPSA) is 98.3 Å². The second-order valence-electron chi connectivity index (χ2n) is 12.6. The van der Waals surface area contributed by atoms with E-state index in [1.807, 2.05) is 37.7 Å². The third-order valence-electron chi connectivity index (χ3n) is 9.35. The van der Waals surface area contributed by atoms with E-state index in [9.17, 15) is 13.6 Å². The van der Waals surface area contributed by atoms with Crippen molar-refractivity contribution >= 4 is 23.0 Å². The van der Waals surface area contributed by atoms with Crippen molar-refractivity contribution in [1.29, 1.82) is 0 Å². The van der Waals surface area contributed by atoms with E-state index in [4.69, 9.17) is 24.9 Å². The van der Waals surface area contributed by atoms with Crippen LogP contribution < -0.4 is 0 Å². The quantitative estimate of drug-likeness (QED) is 0.133. The molecule has 11 heteroatoms. The second kappa shape index (κ2) is 13.7. The predicted octanol–water partition coefficient (Wildman–Crippen LogP) is 6.85. The Bertz CT molecular complexity index is 1950. The first kappa shape index (κ1) is 33.0. The number of carbonyl (C=O) groups excluding carboxylic acids is 1. The molecule has 1 fully saturated rings. The Morgan fingerprint density at radius 1 is 1.12 bits per heavy atom. The van der Waals surface area contributed by atoms with Crippen LogP contribution >= 0.6 is 0 Å². The molecule has 1 unspecified atom stereocenters. The number of imidazole rings is 1. The minimum Gasteiger partial charge on any atom is -0.498 e. The lowest BCUT2D eigenvalue weighted by molar-refractivity contribution is -0.127. The Labute approximate surface area is 278 Å². The van der Waals surface area contributed by atoms with Crippen molar-refractivity contribution in [2.45, 2.75) is 70.7 Å². The van der Waals surface area contributed by atoms with Crippen molar-refractivity contribution in [2.75, 3.05) is 6.54 Å². The minimum absolute atomic E-state index is 0.0599. The first-order chi connectivity index (χ1) is 23.1. The zero-order chi connectivity index (χ0) is 34.1. The summed E-state index contributed by atoms with van der Waals surface area (Å²) in [5.41, 5.74) is 8.34. The van der Waals surface area contributed by atoms with E-state index in [2.05, 4.69) is 29.9 Å². The van der Waals surface area contributed by atoms with Crippen LogP contribution in [-0.2, 0) is 36.0 Å². The molecule has 1 amide bonds. The van der Waals surface area contributed by atoms with Gasteiger partial charge in [0.2, 0.25) is 5.91 Å². The van der Waals surface area contributed by atoms with Gasteiger partial charge >= 0.3 is 0 Å². The van der Waals surface area contributed by atoms with E-state index in [1.165, 1.54) is 18.4 Å². The lowest BCUT2D eigenvalue weighted by Crippen LogP contribution is -2.39. The SMILES string of the molecule is C=CC(=O)N1Cc2cc(-c3nc(-c4ccc5c(c4)nc(C)n5C)c4c(c3C=C(F)/C=C/F)CCC4)nn2C(C)C1.C=COC1CC(O)C1. The molecular formula is C37H40F2N6O3. The Morgan fingerprint density at radius 2 is 1.90 bits per heavy atom. The van der Waals surface area contributed by atoms with Crippen LogP contribution in [0.15, 0.2) is 68.0 Å². The van der Waals surface area contributed by atoms with Crippen molar-refractivity contribution in [1.82, 2.24) is 29.2 Å². The third-order valence-corrected chi connectivity index (χ3v) is 9.35. The van der Waals surface area contributed by atoms with E-state index in [1.54, 1.807) is 4.90 Å². The number of fused-ring (bicyclic) bond motifs is 3. The first-order valence-electron chi connectivity index (χ1n) is 16.2. The fraction of sp³-hybridized carbons (Fsp3) is 0.351. The zero-order valence-corrected chi connectivity index (χ0v) is 27.5. The average molecular weight is 655 g/mol. The number of benzene rings is 1. The lowest BCUT2D eigenvalue weighted by atomic mass is 9.92. The standard InChI is InChI=1S/C31H30F2N6O.C6H10O2/c1-5-29(40)38-16-18(2)39-22(17-38)15-27(36-39)31-25(14-21(33)11-12-32)23-7-6-8-24(23)30(35-31)20-9-10-28-26(13-20)34-19(3)37(28)4;1-2-8-6-3-5(7)4-6/h5,9-15,18H,1,6-8,16-17H2,2-4H3;2,5-7H,1,3-4H2/b12-11+,21-14?;. The molecule has 3 aromatic heterocycles. The van der Waals surface area contributed by atoms with Crippen molar-refractivity contribution in [2.24, 2.45) is 7.05 Å². The highest BCUT2D eigenvalue weighted by Gasteiger charge is 2.30. The van der Waals surface area contributed by atoms with Crippen LogP contribution in [0.2, 0.25) is 0 Å². The second-order valence-corrected chi connectivity index (χ2v) is 12.6. The van der Waals surface area contributed by atoms with Crippen molar-refractivity contribution < 1.29 is 23.4 Å². The van der Waals surface area contributed by atoms with Gasteiger partial charge in [0, 0.05) is 43.6 Å². The summed E-state index contributed by atoms with van der Waals surface area (Å²) >= 11 is 0. The fourth-order valence-corrected chi connectivity index (χ4v) is 6.77. The number of pyridine rings is 1. The summed E-state index contributed by atoms with van der Waals surface area (Å²) in [7, 11) is 1.99. The molecule has 2 aliphatic carbocycles. The normalized spacial score (nSPS) is 20.2. The fourth-order valence-electron chi connectivity index (χ4n) is 6.77. The van der Waals surface area contributed by atoms with Crippen LogP contribution in [0, 0.1) is 6.92 Å². The van der Waals surface area contributed by atoms with Gasteiger partial charge in [0.05, 0.1) is 59.4 Å². The van der Waals surface area contributed by atoms with Gasteiger partial charge in [-0.1, -0.05) is 19.2 Å². The maximum atomic E-state index is 14.8. The van der Waals surface area contributed by atoms with E-state index >= 15 is 0 Å². The molecule has 1 aromatic carbocycles. The first-order valence-corrected chi connectivity index (χ1v) is 16.2. The van der Waals surface area contributed by atoms with Gasteiger partial charge in [0.1, 0.15) is 23.4 Å². The molecule has 250 valence electrons. The summed E-state index contributed by atoms with van der Waals surface area (Å²) in [6.45, 7) is 11.9. The summed E-state index contributed by atoms with van der Waals surface area (Å²) in [5.74, 6) is 0.0881. The molecule has 1 N–H and O–H groups in total. The smallest absolute Gasteiger partial charge is 0.246 e. The van der Waals surface area contributed by atoms with E-state index in [-0.39, 0.29) is 30.5 Å². The number of aliphatic hydroxyl groups excluding tert-OH is 1. The Hall–Kier alpha value is -4.90. The summed E-state index contributed by atoms with van der Waals surface area (Å²) in [6.07, 6.45) is 9.23. The molecule has 1 aliphatic heterocycles. The molecular weight excluding hydrogens is 614 g/mol. The number of carbonyl (C=O) groups is 1. The van der Waals surface area contributed by atoms with E-state index in [0.29, 0.717) is 30.0 Å². The maximum absolute atomic E-state index is 14.8. The minimum atomic E-state index is -0.696. The molecule has 9 nitrogen and oxygen atoms in total. The number of aromatic nitrogens is 5. The maximum Gasteiger partial charge on any atom is 0.246 e. The van der Waals surface area contributed by atoms with Gasteiger partial charge in [0.25, 0.3) is 0 Å². The number of aryl methyl sites for hydroxylation is 2. The van der Waals surface area contributed by atoms with E-state index < -0.39 is 5.83 Å². The van der Waals surface area contributed by atoms with Crippen LogP contribution in [-0.4, -0.2) is 59.0 Å². The van der Waals surface area contributed by atoms with Gasteiger partial charge in [-0.3, -0.25) is 9.48 Å². The summed E-state index contributed by atoms with van der Waals surface area (Å²) in [6, 6.07) is 8.01. The molecule has 7 rings (SSSR count). The average Bonchev–Trinajstić information content (AvgIpc) is 3.78. The number of aliphatic hydroxyl groups is 1. The molecule has 0 saturated heterocycles. The number of ether oxygens (including phenoxy) is 1. The highest BCUT2D eigenvalue weighted by molar-refractivity contribution is 5.87. The van der Waals surface area contributed by atoms with Gasteiger partial charge in [-0.25, -0.2) is 18.7 Å². The molecule has 4 heterocycles. The van der Waals surface area contributed by atoms with Crippen LogP contribution in [0.3, 0.4) is 0 Å². The van der Waals surface area contributed by atoms with Crippen molar-refractivity contribution in [3.8, 4) is 22.6 Å². The molecule has 3 aliphatic rings. The van der Waals surface area contributed by atoms with Crippen LogP contribution in [0.1, 0.15) is 60.4 Å². The number of amides is 1. The Morgan fingerprint density at radius 3 is 2.60 bits per heavy atom. The summed E-state index contributed by atoms with van der Waals surface area (Å²) in [4.78, 5) is 23.9. The monoisotopic (exact) mass is 654 g/mol. The molecule has 48 heavy (non-hydrogen) atoms. The number of hydrogen-bond acceptors (Lipinski definition) is 6. The molecule has 1 atom stereocenters. The van der Waals surface area contributed by atoms with Crippen LogP contribution in [0.4, 0.5) is 8.78 Å². The van der Waals surface area contributed by atoms with Gasteiger partial charge in [-0.15, -0.1) is 0 Å². The Kier molecular flexibility index (Phi) is 9.41.